The first kappa shape index (κ1) is 19.6. The lowest BCUT2D eigenvalue weighted by molar-refractivity contribution is -0.116. The number of fused-ring (bicyclic) bond motifs is 1. The van der Waals surface area contributed by atoms with Crippen molar-refractivity contribution < 1.29 is 4.79 Å². The van der Waals surface area contributed by atoms with Gasteiger partial charge in [-0.3, -0.25) is 9.69 Å². The highest BCUT2D eigenvalue weighted by Crippen LogP contribution is 2.31. The minimum Gasteiger partial charge on any atom is -0.288 e. The van der Waals surface area contributed by atoms with E-state index < -0.39 is 0 Å². The predicted octanol–water partition coefficient (Wildman–Crippen LogP) is 5.19. The number of hydrogen-bond donors (Lipinski definition) is 0. The van der Waals surface area contributed by atoms with Crippen LogP contribution >= 0.6 is 46.2 Å². The van der Waals surface area contributed by atoms with Gasteiger partial charge in [-0.05, 0) is 25.5 Å². The van der Waals surface area contributed by atoms with E-state index in [1.807, 2.05) is 31.2 Å². The van der Waals surface area contributed by atoms with Crippen molar-refractivity contribution in [2.45, 2.75) is 35.4 Å². The van der Waals surface area contributed by atoms with Crippen molar-refractivity contribution in [3.63, 3.8) is 0 Å². The molecule has 0 unspecified atom stereocenters. The number of benzene rings is 1. The number of hydrogen-bond acceptors (Lipinski definition) is 8. The van der Waals surface area contributed by atoms with Crippen molar-refractivity contribution in [1.82, 2.24) is 15.2 Å². The zero-order valence-corrected chi connectivity index (χ0v) is 17.9. The van der Waals surface area contributed by atoms with E-state index in [9.17, 15) is 4.79 Å². The molecule has 2 heterocycles. The zero-order valence-electron chi connectivity index (χ0n) is 14.7. The average molecular weight is 425 g/mol. The second-order valence-electron chi connectivity index (χ2n) is 5.43. The molecule has 1 amide bonds. The molecule has 1 aromatic carbocycles. The maximum atomic E-state index is 12.7. The Morgan fingerprint density at radius 2 is 1.88 bits per heavy atom. The van der Waals surface area contributed by atoms with E-state index in [0.29, 0.717) is 12.3 Å². The third-order valence-electron chi connectivity index (χ3n) is 3.56. The molecule has 138 valence electrons. The molecule has 0 spiro atoms. The number of para-hydroxylation sites is 1. The normalized spacial score (nSPS) is 11.2. The van der Waals surface area contributed by atoms with Crippen LogP contribution in [0.2, 0.25) is 0 Å². The van der Waals surface area contributed by atoms with Crippen LogP contribution in [0.15, 0.2) is 32.9 Å². The number of unbranched alkanes of at least 4 members (excludes halogenated alkanes) is 1. The molecular weight excluding hydrogens is 404 g/mol. The van der Waals surface area contributed by atoms with Crippen LogP contribution in [0, 0.1) is 0 Å². The zero-order chi connectivity index (χ0) is 18.4. The minimum atomic E-state index is 0.0481. The Morgan fingerprint density at radius 3 is 2.62 bits per heavy atom. The van der Waals surface area contributed by atoms with Crippen molar-refractivity contribution in [2.24, 2.45) is 0 Å². The van der Waals surface area contributed by atoms with Crippen LogP contribution in [0.25, 0.3) is 10.2 Å². The number of carbonyl (C=O) groups is 1. The largest absolute Gasteiger partial charge is 0.288 e. The van der Waals surface area contributed by atoms with E-state index in [-0.39, 0.29) is 5.91 Å². The highest BCUT2D eigenvalue weighted by atomic mass is 32.2. The van der Waals surface area contributed by atoms with Crippen molar-refractivity contribution in [3.8, 4) is 0 Å². The fourth-order valence-electron chi connectivity index (χ4n) is 2.21. The van der Waals surface area contributed by atoms with E-state index in [1.54, 1.807) is 39.3 Å². The molecule has 0 aliphatic carbocycles. The molecule has 0 bridgehead atoms. The van der Waals surface area contributed by atoms with Crippen molar-refractivity contribution in [3.05, 3.63) is 24.3 Å². The van der Waals surface area contributed by atoms with Crippen LogP contribution in [0.1, 0.15) is 26.7 Å². The summed E-state index contributed by atoms with van der Waals surface area (Å²) >= 11 is 6.30. The number of nitrogens with zero attached hydrogens (tertiary/aromatic N) is 4. The van der Waals surface area contributed by atoms with Gasteiger partial charge >= 0.3 is 0 Å². The van der Waals surface area contributed by atoms with E-state index in [1.165, 1.54) is 24.6 Å². The molecule has 0 fully saturated rings. The molecule has 26 heavy (non-hydrogen) atoms. The van der Waals surface area contributed by atoms with E-state index in [0.717, 1.165) is 29.8 Å². The van der Waals surface area contributed by atoms with Gasteiger partial charge in [0.25, 0.3) is 0 Å². The van der Waals surface area contributed by atoms with E-state index in [4.69, 9.17) is 0 Å². The van der Waals surface area contributed by atoms with Gasteiger partial charge in [-0.25, -0.2) is 4.98 Å². The van der Waals surface area contributed by atoms with Gasteiger partial charge in [0.05, 0.1) is 16.0 Å². The number of thioether (sulfide) groups is 2. The molecule has 0 saturated heterocycles. The van der Waals surface area contributed by atoms with Crippen LogP contribution in [-0.4, -0.2) is 39.1 Å². The first-order valence-electron chi connectivity index (χ1n) is 8.46. The number of amides is 1. The Balaban J connectivity index is 1.59. The van der Waals surface area contributed by atoms with Gasteiger partial charge in [0.2, 0.25) is 5.91 Å². The third kappa shape index (κ3) is 4.97. The summed E-state index contributed by atoms with van der Waals surface area (Å²) in [5.41, 5.74) is 0.935. The molecule has 0 N–H and O–H groups in total. The van der Waals surface area contributed by atoms with Crippen LogP contribution in [0.4, 0.5) is 5.13 Å². The molecule has 0 aliphatic rings. The summed E-state index contributed by atoms with van der Waals surface area (Å²) in [7, 11) is 0. The molecule has 0 saturated carbocycles. The van der Waals surface area contributed by atoms with Crippen LogP contribution in [0.5, 0.6) is 0 Å². The Kier molecular flexibility index (Phi) is 7.30. The van der Waals surface area contributed by atoms with E-state index in [2.05, 4.69) is 22.1 Å². The number of carbonyl (C=O) groups excluding carboxylic acids is 1. The molecule has 5 nitrogen and oxygen atoms in total. The maximum Gasteiger partial charge on any atom is 0.239 e. The van der Waals surface area contributed by atoms with Gasteiger partial charge in [-0.2, -0.15) is 0 Å². The molecule has 0 atom stereocenters. The Morgan fingerprint density at radius 1 is 1.12 bits per heavy atom. The predicted molar refractivity (Wildman–Crippen MR) is 114 cm³/mol. The van der Waals surface area contributed by atoms with Gasteiger partial charge < -0.3 is 0 Å². The second-order valence-corrected chi connectivity index (χ2v) is 9.98. The Labute approximate surface area is 169 Å². The lowest BCUT2D eigenvalue weighted by Crippen LogP contribution is -2.31. The van der Waals surface area contributed by atoms with Crippen LogP contribution < -0.4 is 4.90 Å². The lowest BCUT2D eigenvalue weighted by atomic mass is 10.3. The van der Waals surface area contributed by atoms with Crippen LogP contribution in [0.3, 0.4) is 0 Å². The van der Waals surface area contributed by atoms with Gasteiger partial charge in [-0.1, -0.05) is 71.7 Å². The fourth-order valence-corrected chi connectivity index (χ4v) is 6.31. The molecule has 0 aliphatic heterocycles. The Hall–Kier alpha value is -1.16. The lowest BCUT2D eigenvalue weighted by Gasteiger charge is -2.16. The number of anilines is 1. The van der Waals surface area contributed by atoms with E-state index >= 15 is 0 Å². The third-order valence-corrected chi connectivity index (χ3v) is 7.88. The van der Waals surface area contributed by atoms with Gasteiger partial charge in [-0.15, -0.1) is 10.2 Å². The maximum absolute atomic E-state index is 12.7. The van der Waals surface area contributed by atoms with Gasteiger partial charge in [0.15, 0.2) is 13.8 Å². The quantitative estimate of drug-likeness (QED) is 0.348. The summed E-state index contributed by atoms with van der Waals surface area (Å²) in [6, 6.07) is 7.96. The van der Waals surface area contributed by atoms with Crippen molar-refractivity contribution in [2.75, 3.05) is 23.0 Å². The molecule has 3 aromatic rings. The first-order valence-corrected chi connectivity index (χ1v) is 12.1. The molecular formula is C17H20N4OS4. The summed E-state index contributed by atoms with van der Waals surface area (Å²) in [6.07, 6.45) is 2.36. The summed E-state index contributed by atoms with van der Waals surface area (Å²) in [5, 5.41) is 9.14. The SMILES string of the molecule is CCCCSc1nnc(SCC(=O)N(CC)c2nc3ccccc3s2)s1. The molecule has 9 heteroatoms. The van der Waals surface area contributed by atoms with Crippen molar-refractivity contribution in [1.29, 1.82) is 0 Å². The summed E-state index contributed by atoms with van der Waals surface area (Å²) in [4.78, 5) is 19.0. The fraction of sp³-hybridized carbons (Fsp3) is 0.412. The number of thiazole rings is 1. The number of aromatic nitrogens is 3. The summed E-state index contributed by atoms with van der Waals surface area (Å²) in [5.74, 6) is 1.46. The second kappa shape index (κ2) is 9.68. The molecule has 0 radical (unpaired) electrons. The smallest absolute Gasteiger partial charge is 0.239 e. The first-order chi connectivity index (χ1) is 12.7. The Bertz CT molecular complexity index is 830. The minimum absolute atomic E-state index is 0.0481. The highest BCUT2D eigenvalue weighted by Gasteiger charge is 2.19. The monoisotopic (exact) mass is 424 g/mol. The van der Waals surface area contributed by atoms with Gasteiger partial charge in [0.1, 0.15) is 0 Å². The molecule has 2 aromatic heterocycles. The summed E-state index contributed by atoms with van der Waals surface area (Å²) < 4.78 is 2.92. The highest BCUT2D eigenvalue weighted by molar-refractivity contribution is 8.03. The molecule has 3 rings (SSSR count). The van der Waals surface area contributed by atoms with Crippen molar-refractivity contribution >= 4 is 67.5 Å². The standard InChI is InChI=1S/C17H20N4OS4/c1-3-5-10-23-16-19-20-17(26-16)24-11-14(22)21(4-2)15-18-12-8-6-7-9-13(12)25-15/h6-9H,3-5,10-11H2,1-2H3. The number of rotatable bonds is 9. The average Bonchev–Trinajstić information content (AvgIpc) is 3.27. The topological polar surface area (TPSA) is 59.0 Å². The van der Waals surface area contributed by atoms with Crippen LogP contribution in [-0.2, 0) is 4.79 Å². The summed E-state index contributed by atoms with van der Waals surface area (Å²) in [6.45, 7) is 4.76. The van der Waals surface area contributed by atoms with Gasteiger partial charge in [0, 0.05) is 12.3 Å².